The average molecular weight is 380 g/mol. The van der Waals surface area contributed by atoms with Gasteiger partial charge >= 0.3 is 5.97 Å². The Labute approximate surface area is 167 Å². The van der Waals surface area contributed by atoms with E-state index < -0.39 is 11.6 Å². The molecule has 2 heterocycles. The lowest BCUT2D eigenvalue weighted by atomic mass is 9.83. The van der Waals surface area contributed by atoms with E-state index in [4.69, 9.17) is 4.74 Å². The van der Waals surface area contributed by atoms with Crippen molar-refractivity contribution in [1.29, 1.82) is 0 Å². The molecule has 2 saturated heterocycles. The Morgan fingerprint density at radius 2 is 1.54 bits per heavy atom. The van der Waals surface area contributed by atoms with E-state index in [1.807, 2.05) is 36.4 Å². The van der Waals surface area contributed by atoms with Crippen LogP contribution < -0.4 is 0 Å². The summed E-state index contributed by atoms with van der Waals surface area (Å²) in [6, 6.07) is 18.7. The zero-order chi connectivity index (χ0) is 19.4. The van der Waals surface area contributed by atoms with Crippen LogP contribution in [0.5, 0.6) is 0 Å². The van der Waals surface area contributed by atoms with E-state index in [1.54, 1.807) is 24.3 Å². The van der Waals surface area contributed by atoms with Crippen LogP contribution in [0, 0.1) is 5.92 Å². The summed E-state index contributed by atoms with van der Waals surface area (Å²) in [4.78, 5) is 15.7. The number of hydrogen-bond donors (Lipinski definition) is 1. The number of rotatable bonds is 5. The van der Waals surface area contributed by atoms with E-state index in [-0.39, 0.29) is 0 Å². The fourth-order valence-electron chi connectivity index (χ4n) is 4.82. The maximum Gasteiger partial charge on any atom is 0.347 e. The minimum Gasteiger partial charge on any atom is -0.463 e. The third kappa shape index (κ3) is 3.71. The molecule has 148 valence electrons. The van der Waals surface area contributed by atoms with Crippen LogP contribution in [0.15, 0.2) is 60.7 Å². The normalized spacial score (nSPS) is 23.0. The smallest absolute Gasteiger partial charge is 0.347 e. The van der Waals surface area contributed by atoms with Crippen molar-refractivity contribution in [3.05, 3.63) is 71.8 Å². The summed E-state index contributed by atoms with van der Waals surface area (Å²) in [5, 5.41) is 11.5. The van der Waals surface area contributed by atoms with E-state index in [9.17, 15) is 9.90 Å². The van der Waals surface area contributed by atoms with Gasteiger partial charge in [0.2, 0.25) is 5.60 Å². The Morgan fingerprint density at radius 1 is 0.929 bits per heavy atom. The largest absolute Gasteiger partial charge is 0.463 e. The van der Waals surface area contributed by atoms with E-state index >= 15 is 0 Å². The number of hydrogen-bond acceptors (Lipinski definition) is 4. The van der Waals surface area contributed by atoms with Crippen molar-refractivity contribution in [2.45, 2.75) is 43.7 Å². The highest BCUT2D eigenvalue weighted by Crippen LogP contribution is 2.34. The molecule has 0 radical (unpaired) electrons. The van der Waals surface area contributed by atoms with E-state index in [0.29, 0.717) is 29.7 Å². The van der Waals surface area contributed by atoms with Crippen molar-refractivity contribution in [2.24, 2.45) is 5.92 Å². The summed E-state index contributed by atoms with van der Waals surface area (Å²) in [6.07, 6.45) is 5.95. The van der Waals surface area contributed by atoms with Gasteiger partial charge in [0.05, 0.1) is 6.61 Å². The van der Waals surface area contributed by atoms with Gasteiger partial charge in [-0.2, -0.15) is 0 Å². The zero-order valence-corrected chi connectivity index (χ0v) is 16.3. The highest BCUT2D eigenvalue weighted by molar-refractivity contribution is 5.85. The first-order valence-corrected chi connectivity index (χ1v) is 10.4. The molecule has 4 heteroatoms. The quantitative estimate of drug-likeness (QED) is 0.805. The summed E-state index contributed by atoms with van der Waals surface area (Å²) < 4.78 is 5.79. The number of carbonyl (C=O) groups is 1. The molecule has 2 aromatic carbocycles. The maximum absolute atomic E-state index is 13.2. The molecule has 4 nitrogen and oxygen atoms in total. The van der Waals surface area contributed by atoms with Gasteiger partial charge < -0.3 is 9.84 Å². The van der Waals surface area contributed by atoms with E-state index in [2.05, 4.69) is 4.90 Å². The van der Waals surface area contributed by atoms with Crippen molar-refractivity contribution in [1.82, 2.24) is 4.90 Å². The van der Waals surface area contributed by atoms with Gasteiger partial charge in [-0.25, -0.2) is 4.79 Å². The summed E-state index contributed by atoms with van der Waals surface area (Å²) in [7, 11) is 0. The van der Waals surface area contributed by atoms with Crippen LogP contribution in [-0.2, 0) is 15.1 Å². The molecule has 0 aliphatic carbocycles. The predicted octanol–water partition coefficient (Wildman–Crippen LogP) is 3.73. The van der Waals surface area contributed by atoms with Gasteiger partial charge in [-0.1, -0.05) is 67.1 Å². The fraction of sp³-hybridized carbons (Fsp3) is 0.458. The molecular weight excluding hydrogens is 350 g/mol. The highest BCUT2D eigenvalue weighted by Gasteiger charge is 2.42. The van der Waals surface area contributed by atoms with Gasteiger partial charge in [-0.05, 0) is 49.9 Å². The lowest BCUT2D eigenvalue weighted by Gasteiger charge is -2.44. The van der Waals surface area contributed by atoms with Gasteiger partial charge in [0.25, 0.3) is 0 Å². The van der Waals surface area contributed by atoms with Crippen LogP contribution in [0.25, 0.3) is 0 Å². The summed E-state index contributed by atoms with van der Waals surface area (Å²) in [5.41, 5.74) is -0.716. The zero-order valence-electron chi connectivity index (χ0n) is 16.3. The third-order valence-electron chi connectivity index (χ3n) is 6.34. The third-order valence-corrected chi connectivity index (χ3v) is 6.34. The topological polar surface area (TPSA) is 49.8 Å². The minimum atomic E-state index is -1.79. The molecular formula is C24H29NO3. The number of carbonyl (C=O) groups excluding carboxylic acids is 1. The molecule has 2 aromatic rings. The van der Waals surface area contributed by atoms with Crippen LogP contribution in [0.3, 0.4) is 0 Å². The lowest BCUT2D eigenvalue weighted by molar-refractivity contribution is -0.165. The Bertz CT molecular complexity index is 735. The summed E-state index contributed by atoms with van der Waals surface area (Å²) in [6.45, 7) is 2.70. The number of nitrogens with zero attached hydrogens (tertiary/aromatic N) is 1. The highest BCUT2D eigenvalue weighted by atomic mass is 16.5. The van der Waals surface area contributed by atoms with E-state index in [0.717, 1.165) is 25.9 Å². The molecule has 0 unspecified atom stereocenters. The first-order valence-electron chi connectivity index (χ1n) is 10.4. The Morgan fingerprint density at radius 3 is 2.18 bits per heavy atom. The molecule has 0 bridgehead atoms. The van der Waals surface area contributed by atoms with Crippen LogP contribution in [0.2, 0.25) is 0 Å². The molecule has 0 spiro atoms. The van der Waals surface area contributed by atoms with Crippen molar-refractivity contribution in [3.63, 3.8) is 0 Å². The standard InChI is InChI=1S/C24H29NO3/c26-23(28-18-19-10-9-17-25-16-8-7-15-22(19)25)24(27,20-11-3-1-4-12-20)21-13-5-2-6-14-21/h1-6,11-14,19,22,27H,7-10,15-18H2/t19-,22-/m1/s1. The molecule has 2 aliphatic heterocycles. The second-order valence-electron chi connectivity index (χ2n) is 8.04. The maximum atomic E-state index is 13.2. The first-order chi connectivity index (χ1) is 13.7. The number of piperidine rings is 2. The SMILES string of the molecule is O=C(OC[C@H]1CCCN2CCCC[C@H]12)C(O)(c1ccccc1)c1ccccc1. The number of benzene rings is 2. The van der Waals surface area contributed by atoms with Gasteiger partial charge in [0, 0.05) is 12.0 Å². The monoisotopic (exact) mass is 379 g/mol. The molecule has 2 atom stereocenters. The van der Waals surface area contributed by atoms with Gasteiger partial charge in [-0.15, -0.1) is 0 Å². The molecule has 0 amide bonds. The molecule has 28 heavy (non-hydrogen) atoms. The Balaban J connectivity index is 1.53. The van der Waals surface area contributed by atoms with Gasteiger partial charge in [-0.3, -0.25) is 4.90 Å². The van der Waals surface area contributed by atoms with Crippen LogP contribution in [-0.4, -0.2) is 41.7 Å². The number of aliphatic hydroxyl groups is 1. The molecule has 2 aliphatic rings. The second kappa shape index (κ2) is 8.46. The minimum absolute atomic E-state index is 0.355. The first kappa shape index (κ1) is 19.2. The van der Waals surface area contributed by atoms with Crippen LogP contribution >= 0.6 is 0 Å². The second-order valence-corrected chi connectivity index (χ2v) is 8.04. The molecule has 0 saturated carbocycles. The fourth-order valence-corrected chi connectivity index (χ4v) is 4.82. The van der Waals surface area contributed by atoms with Crippen LogP contribution in [0.1, 0.15) is 43.2 Å². The summed E-state index contributed by atoms with van der Waals surface area (Å²) >= 11 is 0. The van der Waals surface area contributed by atoms with Crippen molar-refractivity contribution in [2.75, 3.05) is 19.7 Å². The van der Waals surface area contributed by atoms with Gasteiger partial charge in [0.1, 0.15) is 0 Å². The molecule has 4 rings (SSSR count). The predicted molar refractivity (Wildman–Crippen MR) is 109 cm³/mol. The number of fused-ring (bicyclic) bond motifs is 1. The lowest BCUT2D eigenvalue weighted by Crippen LogP contribution is -2.50. The van der Waals surface area contributed by atoms with Crippen molar-refractivity contribution in [3.8, 4) is 0 Å². The molecule has 1 N–H and O–H groups in total. The van der Waals surface area contributed by atoms with Crippen molar-refractivity contribution < 1.29 is 14.6 Å². The van der Waals surface area contributed by atoms with Crippen molar-refractivity contribution >= 4 is 5.97 Å². The molecule has 2 fully saturated rings. The average Bonchev–Trinajstić information content (AvgIpc) is 2.78. The Kier molecular flexibility index (Phi) is 5.79. The molecule has 0 aromatic heterocycles. The Hall–Kier alpha value is -2.17. The number of esters is 1. The van der Waals surface area contributed by atoms with Gasteiger partial charge in [0.15, 0.2) is 0 Å². The number of ether oxygens (including phenoxy) is 1. The van der Waals surface area contributed by atoms with Crippen LogP contribution in [0.4, 0.5) is 0 Å². The summed E-state index contributed by atoms with van der Waals surface area (Å²) in [5.74, 6) is -0.230. The van der Waals surface area contributed by atoms with E-state index in [1.165, 1.54) is 19.3 Å².